The fraction of sp³-hybridized carbons (Fsp3) is 0.450. The van der Waals surface area contributed by atoms with Crippen LogP contribution in [0.4, 0.5) is 13.2 Å². The van der Waals surface area contributed by atoms with E-state index in [1.807, 2.05) is 0 Å². The normalized spacial score (nSPS) is 20.6. The van der Waals surface area contributed by atoms with Crippen molar-refractivity contribution in [3.05, 3.63) is 59.5 Å². The van der Waals surface area contributed by atoms with Gasteiger partial charge in [-0.15, -0.1) is 0 Å². The van der Waals surface area contributed by atoms with Gasteiger partial charge in [0.1, 0.15) is 0 Å². The van der Waals surface area contributed by atoms with E-state index in [2.05, 4.69) is 12.2 Å². The van der Waals surface area contributed by atoms with Gasteiger partial charge in [0.25, 0.3) is 5.91 Å². The first-order valence-electron chi connectivity index (χ1n) is 8.92. The Balaban J connectivity index is 1.88. The highest BCUT2D eigenvalue weighted by Crippen LogP contribution is 2.51. The molecule has 3 atom stereocenters. The van der Waals surface area contributed by atoms with Crippen LogP contribution in [0.1, 0.15) is 60.3 Å². The number of carbonyl (C=O) groups is 1. The molecular weight excluding hydrogens is 343 g/mol. The number of unbranched alkanes of at least 4 members (excludes halogenated alkanes) is 1. The van der Waals surface area contributed by atoms with Gasteiger partial charge in [-0.25, -0.2) is 0 Å². The molecule has 0 bridgehead atoms. The maximum atomic E-state index is 13.5. The van der Waals surface area contributed by atoms with Gasteiger partial charge in [-0.2, -0.15) is 13.2 Å². The lowest BCUT2D eigenvalue weighted by Gasteiger charge is -2.23. The third-order valence-electron chi connectivity index (χ3n) is 4.97. The summed E-state index contributed by atoms with van der Waals surface area (Å²) in [6.45, 7) is 2.09. The van der Waals surface area contributed by atoms with E-state index in [-0.39, 0.29) is 17.2 Å². The van der Waals surface area contributed by atoms with E-state index in [0.717, 1.165) is 31.7 Å². The quantitative estimate of drug-likeness (QED) is 0.694. The number of furan rings is 1. The zero-order chi connectivity index (χ0) is 18.7. The molecule has 1 aromatic carbocycles. The zero-order valence-corrected chi connectivity index (χ0v) is 14.6. The fourth-order valence-electron chi connectivity index (χ4n) is 3.54. The maximum absolute atomic E-state index is 13.5. The van der Waals surface area contributed by atoms with Crippen molar-refractivity contribution < 1.29 is 22.4 Å². The number of halogens is 3. The summed E-state index contributed by atoms with van der Waals surface area (Å²) in [7, 11) is 0. The minimum absolute atomic E-state index is 0.0176. The van der Waals surface area contributed by atoms with E-state index >= 15 is 0 Å². The number of hydrogen-bond donors (Lipinski definition) is 1. The predicted octanol–water partition coefficient (Wildman–Crippen LogP) is 5.60. The Labute approximate surface area is 150 Å². The average molecular weight is 365 g/mol. The number of carbonyl (C=O) groups excluding carboxylic acids is 1. The van der Waals surface area contributed by atoms with Gasteiger partial charge in [-0.3, -0.25) is 4.79 Å². The second-order valence-corrected chi connectivity index (χ2v) is 6.82. The van der Waals surface area contributed by atoms with Crippen LogP contribution in [-0.2, 0) is 6.18 Å². The lowest BCUT2D eigenvalue weighted by atomic mass is 9.94. The molecule has 0 saturated heterocycles. The Morgan fingerprint density at radius 3 is 2.69 bits per heavy atom. The van der Waals surface area contributed by atoms with Gasteiger partial charge in [0.15, 0.2) is 5.76 Å². The highest BCUT2D eigenvalue weighted by Gasteiger charge is 2.46. The molecule has 0 radical (unpaired) electrons. The molecule has 0 aliphatic heterocycles. The van der Waals surface area contributed by atoms with Crippen LogP contribution in [0.3, 0.4) is 0 Å². The minimum atomic E-state index is -4.46. The van der Waals surface area contributed by atoms with Crippen LogP contribution in [0.15, 0.2) is 47.1 Å². The number of alkyl halides is 3. The molecule has 0 unspecified atom stereocenters. The standard InChI is InChI=1S/C20H22F3NO2/c1-2-3-7-13-12-15(13)18(24-19(25)17-10-6-11-26-17)14-8-4-5-9-16(14)20(21,22)23/h4-6,8-11,13,15,18H,2-3,7,12H2,1H3,(H,24,25)/t13-,15-,18+/m1/s1. The smallest absolute Gasteiger partial charge is 0.416 e. The van der Waals surface area contributed by atoms with Gasteiger partial charge in [-0.1, -0.05) is 44.4 Å². The van der Waals surface area contributed by atoms with Crippen molar-refractivity contribution >= 4 is 5.91 Å². The molecule has 1 fully saturated rings. The average Bonchev–Trinajstić information content (AvgIpc) is 3.15. The number of benzene rings is 1. The summed E-state index contributed by atoms with van der Waals surface area (Å²) in [5.41, 5.74) is -0.560. The molecule has 140 valence electrons. The largest absolute Gasteiger partial charge is 0.459 e. The van der Waals surface area contributed by atoms with Crippen molar-refractivity contribution in [2.24, 2.45) is 11.8 Å². The van der Waals surface area contributed by atoms with Crippen LogP contribution in [0, 0.1) is 11.8 Å². The van der Waals surface area contributed by atoms with E-state index in [9.17, 15) is 18.0 Å². The second kappa shape index (κ2) is 7.56. The molecule has 1 saturated carbocycles. The molecular formula is C20H22F3NO2. The molecule has 6 heteroatoms. The van der Waals surface area contributed by atoms with Gasteiger partial charge in [0.05, 0.1) is 17.9 Å². The fourth-order valence-corrected chi connectivity index (χ4v) is 3.54. The lowest BCUT2D eigenvalue weighted by molar-refractivity contribution is -0.138. The van der Waals surface area contributed by atoms with E-state index in [4.69, 9.17) is 4.42 Å². The Kier molecular flexibility index (Phi) is 5.39. The van der Waals surface area contributed by atoms with E-state index in [0.29, 0.717) is 5.92 Å². The molecule has 1 aliphatic carbocycles. The molecule has 2 aromatic rings. The van der Waals surface area contributed by atoms with Gasteiger partial charge < -0.3 is 9.73 Å². The van der Waals surface area contributed by atoms with Gasteiger partial charge in [0.2, 0.25) is 0 Å². The number of hydrogen-bond acceptors (Lipinski definition) is 2. The van der Waals surface area contributed by atoms with Crippen LogP contribution >= 0.6 is 0 Å². The molecule has 1 aromatic heterocycles. The maximum Gasteiger partial charge on any atom is 0.416 e. The van der Waals surface area contributed by atoms with Crippen molar-refractivity contribution in [1.29, 1.82) is 0 Å². The highest BCUT2D eigenvalue weighted by molar-refractivity contribution is 5.91. The zero-order valence-electron chi connectivity index (χ0n) is 14.6. The SMILES string of the molecule is CCCC[C@@H]1C[C@H]1[C@@H](NC(=O)c1ccco1)c1ccccc1C(F)(F)F. The van der Waals surface area contributed by atoms with Crippen molar-refractivity contribution in [3.8, 4) is 0 Å². The third kappa shape index (κ3) is 4.11. The molecule has 1 amide bonds. The number of nitrogens with one attached hydrogen (secondary N) is 1. The Bertz CT molecular complexity index is 740. The first-order valence-corrected chi connectivity index (χ1v) is 8.92. The van der Waals surface area contributed by atoms with Crippen LogP contribution in [0.2, 0.25) is 0 Å². The third-order valence-corrected chi connectivity index (χ3v) is 4.97. The van der Waals surface area contributed by atoms with Crippen LogP contribution in [0.5, 0.6) is 0 Å². The molecule has 3 rings (SSSR count). The Hall–Kier alpha value is -2.24. The molecule has 1 heterocycles. The summed E-state index contributed by atoms with van der Waals surface area (Å²) < 4.78 is 45.5. The van der Waals surface area contributed by atoms with Crippen molar-refractivity contribution in [2.75, 3.05) is 0 Å². The predicted molar refractivity (Wildman–Crippen MR) is 91.5 cm³/mol. The Morgan fingerprint density at radius 1 is 1.27 bits per heavy atom. The topological polar surface area (TPSA) is 42.2 Å². The van der Waals surface area contributed by atoms with Crippen molar-refractivity contribution in [2.45, 2.75) is 44.8 Å². The summed E-state index contributed by atoms with van der Waals surface area (Å²) in [4.78, 5) is 12.4. The van der Waals surface area contributed by atoms with E-state index < -0.39 is 23.7 Å². The van der Waals surface area contributed by atoms with Gasteiger partial charge in [0, 0.05) is 0 Å². The first-order chi connectivity index (χ1) is 12.4. The van der Waals surface area contributed by atoms with E-state index in [1.54, 1.807) is 12.1 Å². The highest BCUT2D eigenvalue weighted by atomic mass is 19.4. The second-order valence-electron chi connectivity index (χ2n) is 6.82. The van der Waals surface area contributed by atoms with Crippen molar-refractivity contribution in [1.82, 2.24) is 5.32 Å². The summed E-state index contributed by atoms with van der Waals surface area (Å²) in [6, 6.07) is 7.90. The summed E-state index contributed by atoms with van der Waals surface area (Å²) >= 11 is 0. The summed E-state index contributed by atoms with van der Waals surface area (Å²) in [6.07, 6.45) is 0.803. The summed E-state index contributed by atoms with van der Waals surface area (Å²) in [5.74, 6) is -0.0227. The Morgan fingerprint density at radius 2 is 2.04 bits per heavy atom. The van der Waals surface area contributed by atoms with Crippen LogP contribution < -0.4 is 5.32 Å². The molecule has 0 spiro atoms. The van der Waals surface area contributed by atoms with Crippen LogP contribution in [-0.4, -0.2) is 5.91 Å². The van der Waals surface area contributed by atoms with E-state index in [1.165, 1.54) is 24.5 Å². The molecule has 1 aliphatic rings. The first kappa shape index (κ1) is 18.5. The lowest BCUT2D eigenvalue weighted by Crippen LogP contribution is -2.31. The monoisotopic (exact) mass is 365 g/mol. The minimum Gasteiger partial charge on any atom is -0.459 e. The van der Waals surface area contributed by atoms with Gasteiger partial charge >= 0.3 is 6.18 Å². The molecule has 1 N–H and O–H groups in total. The van der Waals surface area contributed by atoms with Gasteiger partial charge in [-0.05, 0) is 42.0 Å². The number of rotatable bonds is 7. The molecule has 26 heavy (non-hydrogen) atoms. The summed E-state index contributed by atoms with van der Waals surface area (Å²) in [5, 5.41) is 2.78. The molecule has 3 nitrogen and oxygen atoms in total. The number of amides is 1. The van der Waals surface area contributed by atoms with Crippen molar-refractivity contribution in [3.63, 3.8) is 0 Å². The van der Waals surface area contributed by atoms with Crippen LogP contribution in [0.25, 0.3) is 0 Å².